The van der Waals surface area contributed by atoms with Crippen LogP contribution in [0.2, 0.25) is 0 Å². The molecule has 2 heterocycles. The van der Waals surface area contributed by atoms with Gasteiger partial charge in [0.2, 0.25) is 0 Å². The second kappa shape index (κ2) is 7.89. The molecule has 2 aromatic rings. The minimum absolute atomic E-state index is 0.0983. The minimum Gasteiger partial charge on any atom is -0.394 e. The van der Waals surface area contributed by atoms with E-state index in [0.717, 1.165) is 0 Å². The molecule has 8 heteroatoms. The second-order valence-electron chi connectivity index (χ2n) is 6.68. The van der Waals surface area contributed by atoms with Gasteiger partial charge in [0.05, 0.1) is 13.2 Å². The monoisotopic (exact) mass is 426 g/mol. The molecular formula is C20H20Cl2O6. The molecule has 2 N–H and O–H groups in total. The number of hydrogen-bond donors (Lipinski definition) is 2. The van der Waals surface area contributed by atoms with E-state index in [1.165, 1.54) is 0 Å². The fourth-order valence-corrected chi connectivity index (χ4v) is 4.01. The minimum atomic E-state index is -1.72. The molecule has 0 aromatic heterocycles. The van der Waals surface area contributed by atoms with E-state index in [1.54, 1.807) is 48.5 Å². The maximum atomic E-state index is 10.9. The van der Waals surface area contributed by atoms with Crippen molar-refractivity contribution in [3.63, 3.8) is 0 Å². The number of benzene rings is 2. The number of alkyl halides is 2. The van der Waals surface area contributed by atoms with Crippen LogP contribution in [0.15, 0.2) is 60.7 Å². The number of aliphatic hydroxyl groups excluding tert-OH is 2. The van der Waals surface area contributed by atoms with Crippen LogP contribution < -0.4 is 0 Å². The smallest absolute Gasteiger partial charge is 0.277 e. The first-order valence-corrected chi connectivity index (χ1v) is 9.66. The molecule has 0 saturated carbocycles. The van der Waals surface area contributed by atoms with Gasteiger partial charge in [-0.25, -0.2) is 0 Å². The molecule has 2 saturated heterocycles. The van der Waals surface area contributed by atoms with E-state index < -0.39 is 41.5 Å². The normalized spacial score (nSPS) is 38.4. The first kappa shape index (κ1) is 20.1. The molecule has 2 aliphatic heterocycles. The van der Waals surface area contributed by atoms with Crippen LogP contribution in [-0.4, -0.2) is 47.8 Å². The van der Waals surface area contributed by atoms with Gasteiger partial charge in [0.25, 0.3) is 10.5 Å². The fraction of sp³-hybridized carbons (Fsp3) is 0.400. The average molecular weight is 427 g/mol. The van der Waals surface area contributed by atoms with Crippen LogP contribution in [0.3, 0.4) is 0 Å². The Morgan fingerprint density at radius 2 is 1.43 bits per heavy atom. The summed E-state index contributed by atoms with van der Waals surface area (Å²) >= 11 is 13.3. The van der Waals surface area contributed by atoms with Crippen molar-refractivity contribution >= 4 is 23.2 Å². The molecule has 0 amide bonds. The van der Waals surface area contributed by atoms with Gasteiger partial charge in [-0.15, -0.1) is 0 Å². The summed E-state index contributed by atoms with van der Waals surface area (Å²) in [7, 11) is 0. The number of aliphatic hydroxyl groups is 2. The highest BCUT2D eigenvalue weighted by Crippen LogP contribution is 2.44. The lowest BCUT2D eigenvalue weighted by Gasteiger charge is -2.35. The van der Waals surface area contributed by atoms with Crippen molar-refractivity contribution in [1.29, 1.82) is 0 Å². The van der Waals surface area contributed by atoms with Crippen LogP contribution in [0, 0.1) is 0 Å². The predicted octanol–water partition coefficient (Wildman–Crippen LogP) is 2.64. The van der Waals surface area contributed by atoms with Gasteiger partial charge in [-0.2, -0.15) is 0 Å². The van der Waals surface area contributed by atoms with Gasteiger partial charge in [-0.05, 0) is 0 Å². The summed E-state index contributed by atoms with van der Waals surface area (Å²) in [5, 5.41) is 17.4. The molecule has 2 bridgehead atoms. The van der Waals surface area contributed by atoms with E-state index in [9.17, 15) is 10.2 Å². The van der Waals surface area contributed by atoms with E-state index in [2.05, 4.69) is 0 Å². The Kier molecular flexibility index (Phi) is 5.66. The number of hydrogen-bond acceptors (Lipinski definition) is 6. The molecule has 2 aromatic carbocycles. The van der Waals surface area contributed by atoms with Crippen LogP contribution in [0.5, 0.6) is 0 Å². The van der Waals surface area contributed by atoms with Crippen molar-refractivity contribution < 1.29 is 29.2 Å². The van der Waals surface area contributed by atoms with Gasteiger partial charge in [0.15, 0.2) is 0 Å². The fourth-order valence-electron chi connectivity index (χ4n) is 3.37. The van der Waals surface area contributed by atoms with Crippen molar-refractivity contribution in [2.75, 3.05) is 13.2 Å². The van der Waals surface area contributed by atoms with Crippen molar-refractivity contribution in [1.82, 2.24) is 0 Å². The molecular weight excluding hydrogens is 407 g/mol. The zero-order valence-electron chi connectivity index (χ0n) is 14.8. The molecule has 0 spiro atoms. The van der Waals surface area contributed by atoms with Crippen molar-refractivity contribution in [3.8, 4) is 0 Å². The van der Waals surface area contributed by atoms with Crippen LogP contribution >= 0.6 is 23.2 Å². The lowest BCUT2D eigenvalue weighted by molar-refractivity contribution is -0.281. The van der Waals surface area contributed by atoms with Crippen LogP contribution in [0.1, 0.15) is 11.1 Å². The quantitative estimate of drug-likeness (QED) is 0.734. The Hall–Kier alpha value is -1.22. The maximum Gasteiger partial charge on any atom is 0.277 e. The van der Waals surface area contributed by atoms with E-state index in [4.69, 9.17) is 42.1 Å². The number of rotatable bonds is 3. The molecule has 0 aliphatic carbocycles. The molecule has 2 unspecified atom stereocenters. The molecule has 6 atom stereocenters. The van der Waals surface area contributed by atoms with Gasteiger partial charge in [-0.3, -0.25) is 0 Å². The SMILES string of the molecule is OC[C@@H]1OC(Cl)(c2ccccc2)O[C@@H]2COC(Cl)(c3ccccc3)O[C@H]1[C@@H]2O. The summed E-state index contributed by atoms with van der Waals surface area (Å²) < 4.78 is 23.6. The van der Waals surface area contributed by atoms with Crippen LogP contribution in [0.25, 0.3) is 0 Å². The topological polar surface area (TPSA) is 77.4 Å². The third-order valence-corrected chi connectivity index (χ3v) is 5.64. The number of fused-ring (bicyclic) bond motifs is 2. The Morgan fingerprint density at radius 1 is 0.857 bits per heavy atom. The van der Waals surface area contributed by atoms with Gasteiger partial charge >= 0.3 is 0 Å². The number of ether oxygens (including phenoxy) is 4. The highest BCUT2D eigenvalue weighted by molar-refractivity contribution is 6.22. The lowest BCUT2D eigenvalue weighted by atomic mass is 10.0. The van der Waals surface area contributed by atoms with E-state index in [-0.39, 0.29) is 6.61 Å². The maximum absolute atomic E-state index is 10.9. The Balaban J connectivity index is 1.70. The Bertz CT molecular complexity index is 790. The summed E-state index contributed by atoms with van der Waals surface area (Å²) in [5.74, 6) is 0. The van der Waals surface area contributed by atoms with E-state index >= 15 is 0 Å². The zero-order chi connectivity index (χ0) is 19.8. The Morgan fingerprint density at radius 3 is 2.00 bits per heavy atom. The summed E-state index contributed by atoms with van der Waals surface area (Å²) in [4.78, 5) is 0. The third-order valence-electron chi connectivity index (χ3n) is 4.83. The summed E-state index contributed by atoms with van der Waals surface area (Å²) in [6.45, 7) is -0.570. The molecule has 2 aliphatic rings. The van der Waals surface area contributed by atoms with Crippen molar-refractivity contribution in [2.45, 2.75) is 34.9 Å². The third kappa shape index (κ3) is 3.67. The number of halogens is 2. The largest absolute Gasteiger partial charge is 0.394 e. The first-order valence-electron chi connectivity index (χ1n) is 8.90. The molecule has 150 valence electrons. The second-order valence-corrected chi connectivity index (χ2v) is 7.68. The van der Waals surface area contributed by atoms with Gasteiger partial charge < -0.3 is 29.2 Å². The van der Waals surface area contributed by atoms with Crippen molar-refractivity contribution in [3.05, 3.63) is 71.8 Å². The first-order chi connectivity index (χ1) is 13.5. The predicted molar refractivity (Wildman–Crippen MR) is 102 cm³/mol. The van der Waals surface area contributed by atoms with E-state index in [0.29, 0.717) is 11.1 Å². The van der Waals surface area contributed by atoms with Gasteiger partial charge in [0, 0.05) is 11.1 Å². The molecule has 0 radical (unpaired) electrons. The van der Waals surface area contributed by atoms with Gasteiger partial charge in [-0.1, -0.05) is 83.9 Å². The molecule has 2 fully saturated rings. The highest BCUT2D eigenvalue weighted by atomic mass is 35.5. The standard InChI is InChI=1S/C20H20Cl2O6/c21-19(13-7-3-1-4-8-13)25-12-16-17(24)18(28-19)15(11-23)26-20(22,27-16)14-9-5-2-6-10-14/h1-10,15-18,23-24H,11-12H2/t15-,16+,17+,18+,19?,20?/m0/s1. The van der Waals surface area contributed by atoms with Crippen LogP contribution in [-0.2, 0) is 29.4 Å². The average Bonchev–Trinajstić information content (AvgIpc) is 2.92. The highest BCUT2D eigenvalue weighted by Gasteiger charge is 2.54. The van der Waals surface area contributed by atoms with Crippen LogP contribution in [0.4, 0.5) is 0 Å². The van der Waals surface area contributed by atoms with E-state index in [1.807, 2.05) is 12.1 Å². The molecule has 4 rings (SSSR count). The Labute approximate surface area is 172 Å². The summed E-state index contributed by atoms with van der Waals surface area (Å²) in [6, 6.07) is 17.8. The van der Waals surface area contributed by atoms with Crippen molar-refractivity contribution in [2.24, 2.45) is 0 Å². The van der Waals surface area contributed by atoms with Gasteiger partial charge in [0.1, 0.15) is 24.4 Å². The zero-order valence-corrected chi connectivity index (χ0v) is 16.3. The molecule has 6 nitrogen and oxygen atoms in total. The summed E-state index contributed by atoms with van der Waals surface area (Å²) in [5.41, 5.74) is 1.07. The summed E-state index contributed by atoms with van der Waals surface area (Å²) in [6.07, 6.45) is -4.14. The molecule has 28 heavy (non-hydrogen) atoms. The lowest BCUT2D eigenvalue weighted by Crippen LogP contribution is -2.47.